The molecule has 0 saturated carbocycles. The molecule has 0 amide bonds. The highest BCUT2D eigenvalue weighted by Crippen LogP contribution is 2.32. The average Bonchev–Trinajstić information content (AvgIpc) is 2.94. The van der Waals surface area contributed by atoms with Crippen molar-refractivity contribution in [1.29, 1.82) is 0 Å². The van der Waals surface area contributed by atoms with E-state index >= 15 is 0 Å². The zero-order chi connectivity index (χ0) is 15.4. The number of nitrogens with two attached hydrogens (primary N) is 1. The summed E-state index contributed by atoms with van der Waals surface area (Å²) >= 11 is 9.92. The third-order valence-electron chi connectivity index (χ3n) is 4.50. The highest BCUT2D eigenvalue weighted by molar-refractivity contribution is 9.10. The third kappa shape index (κ3) is 3.99. The molecule has 0 bridgehead atoms. The SMILES string of the molecule is CCN(CC)C1CCN(C(CN)c2cc(Br)ccc2Cl)C1. The fourth-order valence-corrected chi connectivity index (χ4v) is 3.95. The number of rotatable bonds is 6. The fraction of sp³-hybridized carbons (Fsp3) is 0.625. The van der Waals surface area contributed by atoms with Crippen LogP contribution in [0.1, 0.15) is 31.9 Å². The highest BCUT2D eigenvalue weighted by atomic mass is 79.9. The highest BCUT2D eigenvalue weighted by Gasteiger charge is 2.31. The summed E-state index contributed by atoms with van der Waals surface area (Å²) in [6.07, 6.45) is 1.21. The fourth-order valence-electron chi connectivity index (χ4n) is 3.33. The van der Waals surface area contributed by atoms with Crippen LogP contribution in [0.5, 0.6) is 0 Å². The molecule has 21 heavy (non-hydrogen) atoms. The van der Waals surface area contributed by atoms with E-state index in [0.717, 1.165) is 41.2 Å². The monoisotopic (exact) mass is 373 g/mol. The van der Waals surface area contributed by atoms with Crippen LogP contribution in [-0.4, -0.2) is 48.6 Å². The normalized spacial score (nSPS) is 21.1. The van der Waals surface area contributed by atoms with Gasteiger partial charge < -0.3 is 5.73 Å². The molecule has 3 nitrogen and oxygen atoms in total. The van der Waals surface area contributed by atoms with Gasteiger partial charge in [0, 0.05) is 41.2 Å². The van der Waals surface area contributed by atoms with Crippen molar-refractivity contribution in [2.45, 2.75) is 32.4 Å². The molecule has 0 spiro atoms. The van der Waals surface area contributed by atoms with Gasteiger partial charge in [0.05, 0.1) is 0 Å². The van der Waals surface area contributed by atoms with Crippen LogP contribution in [0, 0.1) is 0 Å². The van der Waals surface area contributed by atoms with Gasteiger partial charge in [0.15, 0.2) is 0 Å². The van der Waals surface area contributed by atoms with Crippen molar-refractivity contribution in [3.8, 4) is 0 Å². The van der Waals surface area contributed by atoms with Crippen LogP contribution in [0.4, 0.5) is 0 Å². The minimum atomic E-state index is 0.204. The second kappa shape index (κ2) is 7.93. The first kappa shape index (κ1) is 17.2. The number of halogens is 2. The average molecular weight is 375 g/mol. The molecule has 1 heterocycles. The molecule has 2 unspecified atom stereocenters. The van der Waals surface area contributed by atoms with Gasteiger partial charge in [-0.3, -0.25) is 9.80 Å². The van der Waals surface area contributed by atoms with Crippen LogP contribution >= 0.6 is 27.5 Å². The summed E-state index contributed by atoms with van der Waals surface area (Å²) in [5.74, 6) is 0. The molecule has 1 fully saturated rings. The van der Waals surface area contributed by atoms with E-state index in [1.54, 1.807) is 0 Å². The van der Waals surface area contributed by atoms with E-state index in [2.05, 4.69) is 45.6 Å². The number of hydrogen-bond donors (Lipinski definition) is 1. The van der Waals surface area contributed by atoms with Crippen molar-refractivity contribution < 1.29 is 0 Å². The van der Waals surface area contributed by atoms with E-state index in [1.165, 1.54) is 6.42 Å². The predicted molar refractivity (Wildman–Crippen MR) is 93.8 cm³/mol. The van der Waals surface area contributed by atoms with Gasteiger partial charge in [-0.25, -0.2) is 0 Å². The van der Waals surface area contributed by atoms with Crippen molar-refractivity contribution in [1.82, 2.24) is 9.80 Å². The first-order valence-electron chi connectivity index (χ1n) is 7.73. The Morgan fingerprint density at radius 3 is 2.76 bits per heavy atom. The molecule has 5 heteroatoms. The molecule has 1 aromatic carbocycles. The standard InChI is InChI=1S/C16H25BrClN3/c1-3-20(4-2)13-7-8-21(11-13)16(10-19)14-9-12(17)5-6-15(14)18/h5-6,9,13,16H,3-4,7-8,10-11,19H2,1-2H3. The molecular weight excluding hydrogens is 350 g/mol. The largest absolute Gasteiger partial charge is 0.329 e. The minimum absolute atomic E-state index is 0.204. The molecule has 0 aromatic heterocycles. The lowest BCUT2D eigenvalue weighted by Crippen LogP contribution is -2.39. The van der Waals surface area contributed by atoms with Crippen molar-refractivity contribution in [2.24, 2.45) is 5.73 Å². The van der Waals surface area contributed by atoms with Gasteiger partial charge >= 0.3 is 0 Å². The Bertz CT molecular complexity index is 465. The van der Waals surface area contributed by atoms with E-state index in [-0.39, 0.29) is 6.04 Å². The molecule has 2 atom stereocenters. The summed E-state index contributed by atoms with van der Waals surface area (Å²) in [6.45, 7) is 9.45. The van der Waals surface area contributed by atoms with Crippen LogP contribution < -0.4 is 5.73 Å². The van der Waals surface area contributed by atoms with Gasteiger partial charge in [0.1, 0.15) is 0 Å². The van der Waals surface area contributed by atoms with Crippen LogP contribution in [0.15, 0.2) is 22.7 Å². The van der Waals surface area contributed by atoms with Crippen LogP contribution in [-0.2, 0) is 0 Å². The summed E-state index contributed by atoms with van der Waals surface area (Å²) in [6, 6.07) is 6.87. The van der Waals surface area contributed by atoms with E-state index in [0.29, 0.717) is 12.6 Å². The molecule has 1 saturated heterocycles. The topological polar surface area (TPSA) is 32.5 Å². The molecule has 1 aromatic rings. The maximum atomic E-state index is 6.39. The van der Waals surface area contributed by atoms with Crippen molar-refractivity contribution in [3.05, 3.63) is 33.3 Å². The van der Waals surface area contributed by atoms with Crippen LogP contribution in [0.25, 0.3) is 0 Å². The molecule has 2 N–H and O–H groups in total. The second-order valence-corrected chi connectivity index (χ2v) is 6.90. The Labute approximate surface area is 141 Å². The molecule has 0 aliphatic carbocycles. The number of likely N-dealkylation sites (tertiary alicyclic amines) is 1. The Kier molecular flexibility index (Phi) is 6.51. The number of hydrogen-bond acceptors (Lipinski definition) is 3. The van der Waals surface area contributed by atoms with Gasteiger partial charge in [-0.15, -0.1) is 0 Å². The van der Waals surface area contributed by atoms with Crippen molar-refractivity contribution >= 4 is 27.5 Å². The zero-order valence-corrected chi connectivity index (χ0v) is 15.2. The first-order valence-corrected chi connectivity index (χ1v) is 8.90. The maximum Gasteiger partial charge on any atom is 0.0486 e. The molecule has 0 radical (unpaired) electrons. The first-order chi connectivity index (χ1) is 10.1. The zero-order valence-electron chi connectivity index (χ0n) is 12.9. The van der Waals surface area contributed by atoms with Gasteiger partial charge in [-0.2, -0.15) is 0 Å². The summed E-state index contributed by atoms with van der Waals surface area (Å²) in [5.41, 5.74) is 7.19. The quantitative estimate of drug-likeness (QED) is 0.827. The minimum Gasteiger partial charge on any atom is -0.329 e. The maximum absolute atomic E-state index is 6.39. The van der Waals surface area contributed by atoms with Gasteiger partial charge in [0.2, 0.25) is 0 Å². The molecule has 118 valence electrons. The van der Waals surface area contributed by atoms with Gasteiger partial charge in [0.25, 0.3) is 0 Å². The Morgan fingerprint density at radius 1 is 1.43 bits per heavy atom. The lowest BCUT2D eigenvalue weighted by molar-refractivity contribution is 0.190. The summed E-state index contributed by atoms with van der Waals surface area (Å²) < 4.78 is 1.06. The van der Waals surface area contributed by atoms with E-state index in [9.17, 15) is 0 Å². The summed E-state index contributed by atoms with van der Waals surface area (Å²) in [4.78, 5) is 5.02. The lowest BCUT2D eigenvalue weighted by atomic mass is 10.1. The molecule has 2 rings (SSSR count). The summed E-state index contributed by atoms with van der Waals surface area (Å²) in [5, 5.41) is 0.805. The van der Waals surface area contributed by atoms with Gasteiger partial charge in [-0.05, 0) is 43.3 Å². The van der Waals surface area contributed by atoms with Crippen LogP contribution in [0.3, 0.4) is 0 Å². The smallest absolute Gasteiger partial charge is 0.0486 e. The van der Waals surface area contributed by atoms with Crippen LogP contribution in [0.2, 0.25) is 5.02 Å². The Hall–Kier alpha value is -0.130. The van der Waals surface area contributed by atoms with Crippen molar-refractivity contribution in [3.63, 3.8) is 0 Å². The molecular formula is C16H25BrClN3. The third-order valence-corrected chi connectivity index (χ3v) is 5.34. The molecule has 1 aliphatic rings. The summed E-state index contributed by atoms with van der Waals surface area (Å²) in [7, 11) is 0. The van der Waals surface area contributed by atoms with E-state index < -0.39 is 0 Å². The second-order valence-electron chi connectivity index (χ2n) is 5.58. The number of nitrogens with zero attached hydrogens (tertiary/aromatic N) is 2. The Morgan fingerprint density at radius 2 is 2.14 bits per heavy atom. The molecule has 1 aliphatic heterocycles. The van der Waals surface area contributed by atoms with Crippen molar-refractivity contribution in [2.75, 3.05) is 32.7 Å². The Balaban J connectivity index is 2.14. The number of likely N-dealkylation sites (N-methyl/N-ethyl adjacent to an activating group) is 1. The van der Waals surface area contributed by atoms with E-state index in [1.807, 2.05) is 12.1 Å². The number of benzene rings is 1. The predicted octanol–water partition coefficient (Wildman–Crippen LogP) is 3.52. The van der Waals surface area contributed by atoms with Gasteiger partial charge in [-0.1, -0.05) is 41.4 Å². The lowest BCUT2D eigenvalue weighted by Gasteiger charge is -2.30. The van der Waals surface area contributed by atoms with E-state index in [4.69, 9.17) is 17.3 Å².